The average Bonchev–Trinajstić information content (AvgIpc) is 2.72. The van der Waals surface area contributed by atoms with Crippen LogP contribution in [0.1, 0.15) is 49.0 Å². The molecule has 0 unspecified atom stereocenters. The summed E-state index contributed by atoms with van der Waals surface area (Å²) in [6, 6.07) is 13.6. The normalized spacial score (nSPS) is 10.4. The second-order valence-corrected chi connectivity index (χ2v) is 7.51. The molecule has 0 fully saturated rings. The number of hydrogen-bond acceptors (Lipinski definition) is 6. The second kappa shape index (κ2) is 12.2. The van der Waals surface area contributed by atoms with Gasteiger partial charge in [0, 0.05) is 24.2 Å². The summed E-state index contributed by atoms with van der Waals surface area (Å²) in [7, 11) is 0. The van der Waals surface area contributed by atoms with Gasteiger partial charge in [0.05, 0.1) is 11.7 Å². The zero-order chi connectivity index (χ0) is 23.5. The number of carbonyl (C=O) groups is 4. The molecule has 2 aromatic rings. The van der Waals surface area contributed by atoms with Gasteiger partial charge >= 0.3 is 11.9 Å². The van der Waals surface area contributed by atoms with Gasteiger partial charge in [-0.15, -0.1) is 0 Å². The van der Waals surface area contributed by atoms with Gasteiger partial charge in [0.15, 0.2) is 6.61 Å². The van der Waals surface area contributed by atoms with Crippen LogP contribution in [0, 0.1) is 6.92 Å². The Balaban J connectivity index is 1.65. The van der Waals surface area contributed by atoms with E-state index in [0.717, 1.165) is 5.56 Å². The lowest BCUT2D eigenvalue weighted by molar-refractivity contribution is -0.147. The Hall–Kier alpha value is -3.68. The summed E-state index contributed by atoms with van der Waals surface area (Å²) in [5, 5.41) is 5.35. The van der Waals surface area contributed by atoms with Gasteiger partial charge in [0.2, 0.25) is 5.91 Å². The molecule has 8 heteroatoms. The smallest absolute Gasteiger partial charge is 0.338 e. The Morgan fingerprint density at radius 2 is 1.56 bits per heavy atom. The summed E-state index contributed by atoms with van der Waals surface area (Å²) in [6.07, 6.45) is 0.201. The van der Waals surface area contributed by atoms with Crippen molar-refractivity contribution in [2.24, 2.45) is 0 Å². The number of aryl methyl sites for hydroxylation is 1. The number of esters is 2. The van der Waals surface area contributed by atoms with Crippen LogP contribution in [-0.2, 0) is 23.9 Å². The summed E-state index contributed by atoms with van der Waals surface area (Å²) >= 11 is 0. The molecule has 2 amide bonds. The van der Waals surface area contributed by atoms with Crippen LogP contribution in [-0.4, -0.2) is 36.5 Å². The molecule has 2 N–H and O–H groups in total. The van der Waals surface area contributed by atoms with E-state index in [-0.39, 0.29) is 37.9 Å². The van der Waals surface area contributed by atoms with Crippen molar-refractivity contribution in [2.45, 2.75) is 46.1 Å². The van der Waals surface area contributed by atoms with Crippen molar-refractivity contribution in [1.29, 1.82) is 0 Å². The lowest BCUT2D eigenvalue weighted by atomic mass is 10.2. The van der Waals surface area contributed by atoms with Gasteiger partial charge < -0.3 is 20.1 Å². The van der Waals surface area contributed by atoms with Crippen molar-refractivity contribution >= 4 is 35.1 Å². The van der Waals surface area contributed by atoms with Gasteiger partial charge in [-0.1, -0.05) is 12.1 Å². The number of ether oxygens (including phenoxy) is 2. The second-order valence-electron chi connectivity index (χ2n) is 7.51. The quantitative estimate of drug-likeness (QED) is 0.543. The van der Waals surface area contributed by atoms with E-state index in [1.807, 2.05) is 25.1 Å². The van der Waals surface area contributed by atoms with Gasteiger partial charge in [-0.3, -0.25) is 14.4 Å². The maximum absolute atomic E-state index is 12.0. The molecule has 0 radical (unpaired) electrons. The molecule has 0 aliphatic heterocycles. The van der Waals surface area contributed by atoms with Crippen LogP contribution >= 0.6 is 0 Å². The standard InChI is InChI=1S/C24H28N2O6/c1-16(2)32-24(30)18-10-12-19(13-11-18)25-21(27)8-5-9-23(29)31-15-22(28)26-20-7-4-6-17(3)14-20/h4,6-7,10-14,16H,5,8-9,15H2,1-3H3,(H,25,27)(H,26,28). The summed E-state index contributed by atoms with van der Waals surface area (Å²) in [6.45, 7) is 5.06. The Bertz CT molecular complexity index is 953. The first-order valence-corrected chi connectivity index (χ1v) is 10.4. The van der Waals surface area contributed by atoms with Gasteiger partial charge in [0.1, 0.15) is 0 Å². The monoisotopic (exact) mass is 440 g/mol. The van der Waals surface area contributed by atoms with E-state index in [1.165, 1.54) is 0 Å². The molecule has 0 aromatic heterocycles. The third kappa shape index (κ3) is 8.99. The van der Waals surface area contributed by atoms with Crippen molar-refractivity contribution in [1.82, 2.24) is 0 Å². The lowest BCUT2D eigenvalue weighted by Gasteiger charge is -2.09. The van der Waals surface area contributed by atoms with Crippen LogP contribution in [0.15, 0.2) is 48.5 Å². The van der Waals surface area contributed by atoms with Crippen LogP contribution in [0.25, 0.3) is 0 Å². The van der Waals surface area contributed by atoms with Crippen LogP contribution in [0.3, 0.4) is 0 Å². The minimum absolute atomic E-state index is 0.0190. The molecule has 2 aromatic carbocycles. The summed E-state index contributed by atoms with van der Waals surface area (Å²) in [5.41, 5.74) is 2.56. The lowest BCUT2D eigenvalue weighted by Crippen LogP contribution is -2.21. The predicted octanol–water partition coefficient (Wildman–Crippen LogP) is 3.85. The van der Waals surface area contributed by atoms with E-state index < -0.39 is 17.8 Å². The maximum Gasteiger partial charge on any atom is 0.338 e. The predicted molar refractivity (Wildman–Crippen MR) is 120 cm³/mol. The van der Waals surface area contributed by atoms with E-state index in [9.17, 15) is 19.2 Å². The zero-order valence-electron chi connectivity index (χ0n) is 18.5. The van der Waals surface area contributed by atoms with Crippen LogP contribution in [0.2, 0.25) is 0 Å². The molecule has 8 nitrogen and oxygen atoms in total. The van der Waals surface area contributed by atoms with Crippen molar-refractivity contribution in [3.63, 3.8) is 0 Å². The number of amides is 2. The highest BCUT2D eigenvalue weighted by atomic mass is 16.5. The topological polar surface area (TPSA) is 111 Å². The molecule has 0 saturated heterocycles. The third-order valence-electron chi connectivity index (χ3n) is 4.20. The first kappa shape index (κ1) is 24.6. The minimum atomic E-state index is -0.551. The largest absolute Gasteiger partial charge is 0.459 e. The molecule has 0 bridgehead atoms. The van der Waals surface area contributed by atoms with Crippen LogP contribution in [0.5, 0.6) is 0 Å². The van der Waals surface area contributed by atoms with Crippen molar-refractivity contribution in [3.05, 3.63) is 59.7 Å². The summed E-state index contributed by atoms with van der Waals surface area (Å²) in [5.74, 6) is -1.68. The average molecular weight is 440 g/mol. The van der Waals surface area contributed by atoms with E-state index in [2.05, 4.69) is 10.6 Å². The fraction of sp³-hybridized carbons (Fsp3) is 0.333. The van der Waals surface area contributed by atoms with Gasteiger partial charge in [-0.05, 0) is 69.2 Å². The molecule has 0 aliphatic rings. The van der Waals surface area contributed by atoms with E-state index in [4.69, 9.17) is 9.47 Å². The minimum Gasteiger partial charge on any atom is -0.459 e. The van der Waals surface area contributed by atoms with E-state index >= 15 is 0 Å². The fourth-order valence-corrected chi connectivity index (χ4v) is 2.73. The van der Waals surface area contributed by atoms with Crippen LogP contribution < -0.4 is 10.6 Å². The SMILES string of the molecule is Cc1cccc(NC(=O)COC(=O)CCCC(=O)Nc2ccc(C(=O)OC(C)C)cc2)c1. The number of hydrogen-bond donors (Lipinski definition) is 2. The Labute approximate surface area is 187 Å². The van der Waals surface area contributed by atoms with Crippen molar-refractivity contribution in [2.75, 3.05) is 17.2 Å². The molecule has 2 rings (SSSR count). The van der Waals surface area contributed by atoms with Crippen LogP contribution in [0.4, 0.5) is 11.4 Å². The molecule has 32 heavy (non-hydrogen) atoms. The Kier molecular flexibility index (Phi) is 9.41. The highest BCUT2D eigenvalue weighted by molar-refractivity contribution is 5.94. The molecular weight excluding hydrogens is 412 g/mol. The molecule has 0 atom stereocenters. The Morgan fingerprint density at radius 3 is 2.22 bits per heavy atom. The number of nitrogens with one attached hydrogen (secondary N) is 2. The number of anilines is 2. The summed E-state index contributed by atoms with van der Waals surface area (Å²) < 4.78 is 10.0. The zero-order valence-corrected chi connectivity index (χ0v) is 18.5. The van der Waals surface area contributed by atoms with E-state index in [0.29, 0.717) is 16.9 Å². The number of benzene rings is 2. The molecular formula is C24H28N2O6. The molecule has 0 heterocycles. The highest BCUT2D eigenvalue weighted by Gasteiger charge is 2.11. The number of carbonyl (C=O) groups excluding carboxylic acids is 4. The molecule has 0 saturated carbocycles. The van der Waals surface area contributed by atoms with E-state index in [1.54, 1.807) is 44.2 Å². The highest BCUT2D eigenvalue weighted by Crippen LogP contribution is 2.13. The first-order valence-electron chi connectivity index (χ1n) is 10.4. The molecule has 170 valence electrons. The fourth-order valence-electron chi connectivity index (χ4n) is 2.73. The third-order valence-corrected chi connectivity index (χ3v) is 4.20. The first-order chi connectivity index (χ1) is 15.2. The molecule has 0 spiro atoms. The van der Waals surface area contributed by atoms with Crippen molar-refractivity contribution in [3.8, 4) is 0 Å². The van der Waals surface area contributed by atoms with Gasteiger partial charge in [-0.25, -0.2) is 4.79 Å². The maximum atomic E-state index is 12.0. The molecule has 0 aliphatic carbocycles. The number of rotatable bonds is 10. The summed E-state index contributed by atoms with van der Waals surface area (Å²) in [4.78, 5) is 47.5. The Morgan fingerprint density at radius 1 is 0.875 bits per heavy atom. The van der Waals surface area contributed by atoms with Gasteiger partial charge in [0.25, 0.3) is 5.91 Å². The van der Waals surface area contributed by atoms with Crippen molar-refractivity contribution < 1.29 is 28.7 Å². The van der Waals surface area contributed by atoms with Gasteiger partial charge in [-0.2, -0.15) is 0 Å².